The molecule has 0 amide bonds. The number of hydrogen-bond acceptors (Lipinski definition) is 10. The fourth-order valence-corrected chi connectivity index (χ4v) is 7.66. The molecule has 2 unspecified atom stereocenters. The van der Waals surface area contributed by atoms with Crippen LogP contribution in [0, 0.1) is 0 Å². The molecule has 0 aromatic carbocycles. The van der Waals surface area contributed by atoms with Gasteiger partial charge < -0.3 is 39.4 Å². The lowest BCUT2D eigenvalue weighted by atomic mass is 9.99. The van der Waals surface area contributed by atoms with Crippen molar-refractivity contribution >= 4 is 11.9 Å². The fourth-order valence-electron chi connectivity index (χ4n) is 7.66. The molecule has 10 nitrogen and oxygen atoms in total. The smallest absolute Gasteiger partial charge is 0.306 e. The first-order valence-corrected chi connectivity index (χ1v) is 24.1. The van der Waals surface area contributed by atoms with Gasteiger partial charge in [0.2, 0.25) is 0 Å². The highest BCUT2D eigenvalue weighted by atomic mass is 16.7. The van der Waals surface area contributed by atoms with Crippen LogP contribution < -0.4 is 0 Å². The minimum absolute atomic E-state index is 0.209. The predicted octanol–water partition coefficient (Wildman–Crippen LogP) is 10.6. The molecule has 1 aliphatic heterocycles. The highest BCUT2D eigenvalue weighted by Gasteiger charge is 2.44. The highest BCUT2D eigenvalue weighted by Crippen LogP contribution is 2.23. The monoisotopic (exact) mass is 815 g/mol. The largest absolute Gasteiger partial charge is 0.462 e. The van der Waals surface area contributed by atoms with Gasteiger partial charge in [0.05, 0.1) is 13.2 Å². The number of carbonyl (C=O) groups is 2. The first-order valence-electron chi connectivity index (χ1n) is 24.1. The number of aliphatic hydroxyl groups is 4. The van der Waals surface area contributed by atoms with Crippen LogP contribution in [0.25, 0.3) is 0 Å². The second-order valence-electron chi connectivity index (χ2n) is 16.9. The van der Waals surface area contributed by atoms with Crippen LogP contribution in [0.4, 0.5) is 0 Å². The number of esters is 2. The van der Waals surface area contributed by atoms with Crippen molar-refractivity contribution in [2.75, 3.05) is 19.8 Å². The van der Waals surface area contributed by atoms with Gasteiger partial charge >= 0.3 is 11.9 Å². The maximum Gasteiger partial charge on any atom is 0.306 e. The predicted molar refractivity (Wildman–Crippen MR) is 229 cm³/mol. The van der Waals surface area contributed by atoms with E-state index in [0.29, 0.717) is 6.42 Å². The van der Waals surface area contributed by atoms with Gasteiger partial charge in [0.15, 0.2) is 12.4 Å². The van der Waals surface area contributed by atoms with Crippen LogP contribution in [0.15, 0.2) is 0 Å². The molecule has 6 atom stereocenters. The molecule has 0 saturated carbocycles. The van der Waals surface area contributed by atoms with Crippen LogP contribution in [0.1, 0.15) is 232 Å². The minimum atomic E-state index is -1.59. The average Bonchev–Trinajstić information content (AvgIpc) is 3.21. The van der Waals surface area contributed by atoms with Gasteiger partial charge in [0, 0.05) is 12.8 Å². The second kappa shape index (κ2) is 38.9. The second-order valence-corrected chi connectivity index (χ2v) is 16.9. The Morgan fingerprint density at radius 3 is 1.19 bits per heavy atom. The molecule has 0 aliphatic carbocycles. The third kappa shape index (κ3) is 30.4. The molecule has 0 bridgehead atoms. The van der Waals surface area contributed by atoms with E-state index in [0.717, 1.165) is 38.5 Å². The van der Waals surface area contributed by atoms with Crippen LogP contribution in [0.2, 0.25) is 0 Å². The van der Waals surface area contributed by atoms with E-state index in [1.165, 1.54) is 161 Å². The summed E-state index contributed by atoms with van der Waals surface area (Å²) in [6, 6.07) is 0. The summed E-state index contributed by atoms with van der Waals surface area (Å²) in [5.74, 6) is -0.788. The zero-order valence-electron chi connectivity index (χ0n) is 36.9. The lowest BCUT2D eigenvalue weighted by Crippen LogP contribution is -2.59. The van der Waals surface area contributed by atoms with Gasteiger partial charge in [-0.2, -0.15) is 0 Å². The van der Waals surface area contributed by atoms with Gasteiger partial charge in [-0.25, -0.2) is 0 Å². The van der Waals surface area contributed by atoms with Crippen molar-refractivity contribution in [2.24, 2.45) is 0 Å². The minimum Gasteiger partial charge on any atom is -0.462 e. The van der Waals surface area contributed by atoms with Gasteiger partial charge in [-0.1, -0.05) is 206 Å². The van der Waals surface area contributed by atoms with E-state index in [-0.39, 0.29) is 32.0 Å². The summed E-state index contributed by atoms with van der Waals surface area (Å²) >= 11 is 0. The van der Waals surface area contributed by atoms with Crippen molar-refractivity contribution in [1.82, 2.24) is 0 Å². The first-order chi connectivity index (χ1) is 27.8. The Labute approximate surface area is 348 Å². The fraction of sp³-hybridized carbons (Fsp3) is 0.957. The lowest BCUT2D eigenvalue weighted by Gasteiger charge is -2.39. The van der Waals surface area contributed by atoms with Gasteiger partial charge in [0.1, 0.15) is 31.0 Å². The molecular formula is C47H90O10. The van der Waals surface area contributed by atoms with Crippen LogP contribution in [0.5, 0.6) is 0 Å². The van der Waals surface area contributed by atoms with Gasteiger partial charge in [-0.3, -0.25) is 9.59 Å². The van der Waals surface area contributed by atoms with Gasteiger partial charge in [-0.15, -0.1) is 0 Å². The SMILES string of the molecule is CCCCCCCCCCCCCCCCCCCC(=O)O[C@H](COC(=O)CCCCCCCCCCCCCCCCC)CO[C@@H]1O[C@H](CO)[C@H](O)C(O)C1O. The molecule has 0 spiro atoms. The van der Waals surface area contributed by atoms with E-state index < -0.39 is 49.4 Å². The van der Waals surface area contributed by atoms with Crippen molar-refractivity contribution in [3.8, 4) is 0 Å². The molecule has 57 heavy (non-hydrogen) atoms. The summed E-state index contributed by atoms with van der Waals surface area (Å²) < 4.78 is 22.2. The van der Waals surface area contributed by atoms with Crippen LogP contribution in [-0.4, -0.2) is 89.0 Å². The molecule has 0 radical (unpaired) electrons. The van der Waals surface area contributed by atoms with Crippen molar-refractivity contribution in [3.63, 3.8) is 0 Å². The van der Waals surface area contributed by atoms with E-state index in [1.807, 2.05) is 0 Å². The Balaban J connectivity index is 2.28. The molecule has 1 rings (SSSR count). The third-order valence-electron chi connectivity index (χ3n) is 11.5. The van der Waals surface area contributed by atoms with E-state index in [2.05, 4.69) is 13.8 Å². The Hall–Kier alpha value is -1.30. The topological polar surface area (TPSA) is 152 Å². The number of hydrogen-bond donors (Lipinski definition) is 4. The van der Waals surface area contributed by atoms with Crippen molar-refractivity contribution in [2.45, 2.75) is 269 Å². The quantitative estimate of drug-likeness (QED) is 0.0347. The summed E-state index contributed by atoms with van der Waals surface area (Å²) in [4.78, 5) is 25.4. The highest BCUT2D eigenvalue weighted by molar-refractivity contribution is 5.70. The summed E-state index contributed by atoms with van der Waals surface area (Å²) in [6.07, 6.45) is 32.5. The van der Waals surface area contributed by atoms with E-state index in [1.54, 1.807) is 0 Å². The van der Waals surface area contributed by atoms with Crippen LogP contribution >= 0.6 is 0 Å². The normalized spacial score (nSPS) is 20.1. The van der Waals surface area contributed by atoms with Crippen molar-refractivity contribution in [3.05, 3.63) is 0 Å². The Morgan fingerprint density at radius 2 is 0.825 bits per heavy atom. The number of carbonyl (C=O) groups excluding carboxylic acids is 2. The zero-order chi connectivity index (χ0) is 41.6. The molecule has 1 aliphatic rings. The number of unbranched alkanes of at least 4 members (excludes halogenated alkanes) is 30. The summed E-state index contributed by atoms with van der Waals surface area (Å²) in [7, 11) is 0. The van der Waals surface area contributed by atoms with Crippen molar-refractivity contribution < 1.29 is 49.0 Å². The van der Waals surface area contributed by atoms with Gasteiger partial charge in [-0.05, 0) is 12.8 Å². The molecule has 0 aromatic heterocycles. The van der Waals surface area contributed by atoms with E-state index in [9.17, 15) is 30.0 Å². The lowest BCUT2D eigenvalue weighted by molar-refractivity contribution is -0.305. The molecule has 0 aromatic rings. The number of rotatable bonds is 41. The van der Waals surface area contributed by atoms with E-state index >= 15 is 0 Å². The van der Waals surface area contributed by atoms with Gasteiger partial charge in [0.25, 0.3) is 0 Å². The Bertz CT molecular complexity index is 901. The van der Waals surface area contributed by atoms with Crippen LogP contribution in [-0.2, 0) is 28.5 Å². The summed E-state index contributed by atoms with van der Waals surface area (Å²) in [5, 5.41) is 40.1. The Kier molecular flexibility index (Phi) is 36.6. The molecule has 338 valence electrons. The Morgan fingerprint density at radius 1 is 0.474 bits per heavy atom. The molecule has 1 fully saturated rings. The molecule has 10 heteroatoms. The van der Waals surface area contributed by atoms with Crippen molar-refractivity contribution in [1.29, 1.82) is 0 Å². The van der Waals surface area contributed by atoms with Crippen LogP contribution in [0.3, 0.4) is 0 Å². The average molecular weight is 815 g/mol. The molecule has 1 heterocycles. The molecule has 4 N–H and O–H groups in total. The van der Waals surface area contributed by atoms with E-state index in [4.69, 9.17) is 18.9 Å². The number of ether oxygens (including phenoxy) is 4. The zero-order valence-corrected chi connectivity index (χ0v) is 36.9. The summed E-state index contributed by atoms with van der Waals surface area (Å²) in [5.41, 5.74) is 0. The number of aliphatic hydroxyl groups excluding tert-OH is 4. The molecular weight excluding hydrogens is 725 g/mol. The third-order valence-corrected chi connectivity index (χ3v) is 11.5. The molecule has 1 saturated heterocycles. The maximum atomic E-state index is 12.8. The maximum absolute atomic E-state index is 12.8. The standard InChI is InChI=1S/C47H90O10/c1-3-5-7-9-11-13-15-17-19-20-22-24-26-28-30-32-34-36-43(50)56-40(39-55-47-46(53)45(52)44(51)41(37-48)57-47)38-54-42(49)35-33-31-29-27-25-23-21-18-16-14-12-10-8-6-4-2/h40-41,44-48,51-53H,3-39H2,1-2H3/t40-,41-,44+,45?,46?,47-/m1/s1. The first kappa shape index (κ1) is 53.7. The summed E-state index contributed by atoms with van der Waals surface area (Å²) in [6.45, 7) is 3.47.